The zero-order valence-electron chi connectivity index (χ0n) is 39.0. The van der Waals surface area contributed by atoms with Crippen LogP contribution in [-0.2, 0) is 54.1 Å². The topological polar surface area (TPSA) is 215 Å². The number of nitrogens with zero attached hydrogens (tertiary/aromatic N) is 1. The fourth-order valence-electron chi connectivity index (χ4n) is 9.53. The van der Waals surface area contributed by atoms with E-state index in [1.165, 1.54) is 14.0 Å². The first-order chi connectivity index (χ1) is 29.0. The van der Waals surface area contributed by atoms with Gasteiger partial charge >= 0.3 is 12.1 Å². The van der Waals surface area contributed by atoms with Gasteiger partial charge in [-0.2, -0.15) is 0 Å². The van der Waals surface area contributed by atoms with E-state index in [4.69, 9.17) is 43.6 Å². The molecular formula is C46H76N2O14. The Morgan fingerprint density at radius 3 is 2.23 bits per heavy atom. The molecule has 1 aromatic carbocycles. The summed E-state index contributed by atoms with van der Waals surface area (Å²) in [6, 6.07) is 8.07. The summed E-state index contributed by atoms with van der Waals surface area (Å²) in [6.07, 6.45) is -9.25. The van der Waals surface area contributed by atoms with E-state index in [1.54, 1.807) is 41.5 Å². The SMILES string of the molecule is CCCN1C[C@@H](C)[C@@H](O)[C@](C)(O)[C@@H](CC)OC(=O)C(C)[C@H](OC2C[C@@](C)(OC)C(=O)[C@H](C)O2)[C@H](C)[C@@H](O[C@@H]2O[C@H](C)C[C@H](N)[C@H]2OC(=O)OCc2ccccc2)[C@](C)(O)C[C@H]1C. The van der Waals surface area contributed by atoms with E-state index in [0.29, 0.717) is 19.5 Å². The Kier molecular flexibility index (Phi) is 18.4. The lowest BCUT2D eigenvalue weighted by Gasteiger charge is -2.48. The molecule has 3 aliphatic heterocycles. The molecule has 17 atom stereocenters. The minimum absolute atomic E-state index is 0.0158. The molecular weight excluding hydrogens is 805 g/mol. The molecule has 0 aliphatic carbocycles. The summed E-state index contributed by atoms with van der Waals surface area (Å²) in [5.41, 5.74) is 2.61. The zero-order chi connectivity index (χ0) is 46.3. The van der Waals surface area contributed by atoms with Gasteiger partial charge in [0.2, 0.25) is 0 Å². The van der Waals surface area contributed by atoms with Gasteiger partial charge < -0.3 is 63.8 Å². The summed E-state index contributed by atoms with van der Waals surface area (Å²) < 4.78 is 49.2. The number of aliphatic hydroxyl groups is 3. The number of Topliss-reactive ketones (excluding diaryl/α,β-unsaturated/α-hetero) is 1. The highest BCUT2D eigenvalue weighted by molar-refractivity contribution is 5.91. The second-order valence-corrected chi connectivity index (χ2v) is 18.7. The Labute approximate surface area is 368 Å². The van der Waals surface area contributed by atoms with E-state index in [2.05, 4.69) is 4.90 Å². The summed E-state index contributed by atoms with van der Waals surface area (Å²) in [6.45, 7) is 20.1. The molecule has 0 amide bonds. The number of nitrogens with two attached hydrogens (primary N) is 1. The molecule has 0 saturated carbocycles. The van der Waals surface area contributed by atoms with Crippen LogP contribution in [0.5, 0.6) is 0 Å². The largest absolute Gasteiger partial charge is 0.509 e. The van der Waals surface area contributed by atoms with Crippen LogP contribution >= 0.6 is 0 Å². The van der Waals surface area contributed by atoms with Crippen molar-refractivity contribution in [2.24, 2.45) is 23.5 Å². The van der Waals surface area contributed by atoms with Gasteiger partial charge in [0.05, 0.1) is 35.9 Å². The van der Waals surface area contributed by atoms with Crippen LogP contribution in [0.1, 0.15) is 114 Å². The van der Waals surface area contributed by atoms with Crippen LogP contribution in [-0.4, -0.2) is 143 Å². The van der Waals surface area contributed by atoms with Gasteiger partial charge in [-0.05, 0) is 92.2 Å². The lowest BCUT2D eigenvalue weighted by atomic mass is 9.78. The van der Waals surface area contributed by atoms with Crippen LogP contribution in [0.2, 0.25) is 0 Å². The molecule has 0 spiro atoms. The molecule has 0 bridgehead atoms. The molecule has 3 aliphatic rings. The quantitative estimate of drug-likeness (QED) is 0.223. The number of hydrogen-bond donors (Lipinski definition) is 4. The molecule has 4 rings (SSSR count). The van der Waals surface area contributed by atoms with Gasteiger partial charge in [-0.15, -0.1) is 0 Å². The van der Waals surface area contributed by atoms with Crippen molar-refractivity contribution in [3.63, 3.8) is 0 Å². The van der Waals surface area contributed by atoms with Gasteiger partial charge in [0, 0.05) is 38.1 Å². The Morgan fingerprint density at radius 2 is 1.61 bits per heavy atom. The van der Waals surface area contributed by atoms with Crippen LogP contribution in [0.15, 0.2) is 30.3 Å². The predicted octanol–water partition coefficient (Wildman–Crippen LogP) is 4.65. The van der Waals surface area contributed by atoms with Crippen LogP contribution in [0.25, 0.3) is 0 Å². The lowest BCUT2D eigenvalue weighted by molar-refractivity contribution is -0.303. The number of hydrogen-bond acceptors (Lipinski definition) is 16. The highest BCUT2D eigenvalue weighted by atomic mass is 16.8. The first kappa shape index (κ1) is 51.9. The average Bonchev–Trinajstić information content (AvgIpc) is 3.21. The molecule has 3 heterocycles. The van der Waals surface area contributed by atoms with E-state index >= 15 is 0 Å². The van der Waals surface area contributed by atoms with E-state index < -0.39 is 108 Å². The number of carbonyl (C=O) groups is 3. The predicted molar refractivity (Wildman–Crippen MR) is 228 cm³/mol. The smallest absolute Gasteiger partial charge is 0.459 e. The highest BCUT2D eigenvalue weighted by Gasteiger charge is 2.53. The fraction of sp³-hybridized carbons (Fsp3) is 0.804. The van der Waals surface area contributed by atoms with Crippen LogP contribution < -0.4 is 5.73 Å². The maximum Gasteiger partial charge on any atom is 0.509 e. The number of aliphatic hydroxyl groups excluding tert-OH is 1. The van der Waals surface area contributed by atoms with Crippen molar-refractivity contribution in [2.75, 3.05) is 20.2 Å². The normalized spacial score (nSPS) is 42.0. The van der Waals surface area contributed by atoms with Gasteiger partial charge in [-0.1, -0.05) is 58.0 Å². The third kappa shape index (κ3) is 12.5. The summed E-state index contributed by atoms with van der Waals surface area (Å²) in [4.78, 5) is 43.0. The average molecular weight is 881 g/mol. The molecule has 354 valence electrons. The van der Waals surface area contributed by atoms with Crippen molar-refractivity contribution < 1.29 is 67.6 Å². The summed E-state index contributed by atoms with van der Waals surface area (Å²) >= 11 is 0. The number of ether oxygens (including phenoxy) is 8. The molecule has 0 radical (unpaired) electrons. The van der Waals surface area contributed by atoms with Crippen molar-refractivity contribution >= 4 is 17.9 Å². The van der Waals surface area contributed by atoms with Gasteiger partial charge in [0.25, 0.3) is 0 Å². The van der Waals surface area contributed by atoms with Crippen molar-refractivity contribution in [1.82, 2.24) is 4.90 Å². The molecule has 16 heteroatoms. The van der Waals surface area contributed by atoms with E-state index in [-0.39, 0.29) is 37.7 Å². The molecule has 3 saturated heterocycles. The van der Waals surface area contributed by atoms with Crippen LogP contribution in [0.3, 0.4) is 0 Å². The molecule has 0 aromatic heterocycles. The fourth-order valence-corrected chi connectivity index (χ4v) is 9.53. The highest BCUT2D eigenvalue weighted by Crippen LogP contribution is 2.39. The third-order valence-corrected chi connectivity index (χ3v) is 13.2. The Morgan fingerprint density at radius 1 is 0.952 bits per heavy atom. The Hall–Kier alpha value is -2.77. The Balaban J connectivity index is 1.83. The number of carbonyl (C=O) groups excluding carboxylic acids is 3. The van der Waals surface area contributed by atoms with E-state index in [0.717, 1.165) is 12.0 Å². The molecule has 2 unspecified atom stereocenters. The van der Waals surface area contributed by atoms with E-state index in [9.17, 15) is 29.7 Å². The van der Waals surface area contributed by atoms with Gasteiger partial charge in [-0.3, -0.25) is 9.59 Å². The van der Waals surface area contributed by atoms with Crippen molar-refractivity contribution in [1.29, 1.82) is 0 Å². The second kappa shape index (κ2) is 21.9. The summed E-state index contributed by atoms with van der Waals surface area (Å²) in [5, 5.41) is 36.5. The van der Waals surface area contributed by atoms with Gasteiger partial charge in [-0.25, -0.2) is 4.79 Å². The first-order valence-corrected chi connectivity index (χ1v) is 22.4. The lowest BCUT2D eigenvalue weighted by Crippen LogP contribution is -2.61. The Bertz CT molecular complexity index is 1600. The molecule has 16 nitrogen and oxygen atoms in total. The first-order valence-electron chi connectivity index (χ1n) is 22.4. The summed E-state index contributed by atoms with van der Waals surface area (Å²) in [5.74, 6) is -3.50. The van der Waals surface area contributed by atoms with Crippen LogP contribution in [0, 0.1) is 17.8 Å². The summed E-state index contributed by atoms with van der Waals surface area (Å²) in [7, 11) is 1.43. The molecule has 1 aromatic rings. The van der Waals surface area contributed by atoms with Gasteiger partial charge in [0.1, 0.15) is 30.0 Å². The monoisotopic (exact) mass is 881 g/mol. The number of ketones is 1. The number of esters is 1. The number of benzene rings is 1. The second-order valence-electron chi connectivity index (χ2n) is 18.7. The third-order valence-electron chi connectivity index (χ3n) is 13.2. The van der Waals surface area contributed by atoms with Crippen molar-refractivity contribution in [3.8, 4) is 0 Å². The van der Waals surface area contributed by atoms with Crippen molar-refractivity contribution in [3.05, 3.63) is 35.9 Å². The van der Waals surface area contributed by atoms with E-state index in [1.807, 2.05) is 58.0 Å². The standard InChI is InChI=1S/C46H76N2O14/c1-13-20-48-24-26(3)38(49)46(11,54)34(14-2)59-41(51)30(7)36(60-35-23-45(10,55-12)39(50)31(8)58-35)29(6)40(44(9,53)22-27(48)4)62-42-37(33(47)21-28(5)57-42)61-43(52)56-25-32-18-16-15-17-19-32/h15-19,26-31,33-38,40,42,49,53-54H,13-14,20-25,47H2,1-12H3/t26-,27-,28-,29+,30?,31+,33+,34-,35?,36-,37-,38-,40-,42+,44-,45-,46-/m1/s1. The molecule has 5 N–H and O–H groups in total. The molecule has 62 heavy (non-hydrogen) atoms. The number of methoxy groups -OCH3 is 1. The number of cyclic esters (lactones) is 1. The minimum atomic E-state index is -1.84. The van der Waals surface area contributed by atoms with Crippen molar-refractivity contribution in [2.45, 2.75) is 199 Å². The number of rotatable bonds is 11. The molecule has 3 fully saturated rings. The van der Waals surface area contributed by atoms with Crippen LogP contribution in [0.4, 0.5) is 4.79 Å². The maximum absolute atomic E-state index is 14.4. The maximum atomic E-state index is 14.4. The van der Waals surface area contributed by atoms with Gasteiger partial charge in [0.15, 0.2) is 24.5 Å². The minimum Gasteiger partial charge on any atom is -0.459 e. The zero-order valence-corrected chi connectivity index (χ0v) is 39.0.